The number of carbonyl (C=O) groups excluding carboxylic acids is 1. The van der Waals surface area contributed by atoms with Gasteiger partial charge >= 0.3 is 0 Å². The third-order valence-electron chi connectivity index (χ3n) is 3.84. The molecule has 0 bridgehead atoms. The third kappa shape index (κ3) is 3.10. The van der Waals surface area contributed by atoms with Gasteiger partial charge in [-0.2, -0.15) is 11.8 Å². The minimum Gasteiger partial charge on any atom is -0.482 e. The van der Waals surface area contributed by atoms with Crippen LogP contribution in [0.2, 0.25) is 0 Å². The van der Waals surface area contributed by atoms with E-state index in [4.69, 9.17) is 4.74 Å². The second-order valence-corrected chi connectivity index (χ2v) is 6.59. The van der Waals surface area contributed by atoms with Crippen LogP contribution in [0.1, 0.15) is 31.4 Å². The topological polar surface area (TPSA) is 50.4 Å². The number of amides is 1. The highest BCUT2D eigenvalue weighted by atomic mass is 32.2. The van der Waals surface area contributed by atoms with E-state index in [0.717, 1.165) is 11.4 Å². The number of carbonyl (C=O) groups is 1. The van der Waals surface area contributed by atoms with Gasteiger partial charge in [0, 0.05) is 12.1 Å². The van der Waals surface area contributed by atoms with Crippen molar-refractivity contribution < 1.29 is 9.53 Å². The molecule has 5 heteroatoms. The predicted octanol–water partition coefficient (Wildman–Crippen LogP) is 2.56. The van der Waals surface area contributed by atoms with Crippen LogP contribution in [0.15, 0.2) is 18.2 Å². The Bertz CT molecular complexity index is 501. The van der Waals surface area contributed by atoms with Gasteiger partial charge in [0.2, 0.25) is 0 Å². The van der Waals surface area contributed by atoms with Gasteiger partial charge in [0.05, 0.1) is 5.69 Å². The average Bonchev–Trinajstić information content (AvgIpc) is 2.47. The summed E-state index contributed by atoms with van der Waals surface area (Å²) in [6.45, 7) is 2.29. The molecule has 1 unspecified atom stereocenters. The van der Waals surface area contributed by atoms with Crippen LogP contribution < -0.4 is 15.4 Å². The highest BCUT2D eigenvalue weighted by Gasteiger charge is 2.20. The molecule has 1 aromatic carbocycles. The molecule has 0 radical (unpaired) electrons. The summed E-state index contributed by atoms with van der Waals surface area (Å²) in [4.78, 5) is 11.4. The van der Waals surface area contributed by atoms with E-state index >= 15 is 0 Å². The molecule has 3 rings (SSSR count). The lowest BCUT2D eigenvalue weighted by atomic mass is 10.0. The Kier molecular flexibility index (Phi) is 4.17. The first kappa shape index (κ1) is 13.8. The quantitative estimate of drug-likeness (QED) is 0.899. The summed E-state index contributed by atoms with van der Waals surface area (Å²) < 4.78 is 5.39. The molecule has 1 atom stereocenters. The molecule has 2 aliphatic heterocycles. The maximum Gasteiger partial charge on any atom is 0.262 e. The van der Waals surface area contributed by atoms with Gasteiger partial charge in [0.1, 0.15) is 5.75 Å². The lowest BCUT2D eigenvalue weighted by molar-refractivity contribution is -0.118. The van der Waals surface area contributed by atoms with E-state index in [9.17, 15) is 4.79 Å². The second-order valence-electron chi connectivity index (χ2n) is 5.37. The Morgan fingerprint density at radius 2 is 2.20 bits per heavy atom. The highest BCUT2D eigenvalue weighted by molar-refractivity contribution is 7.99. The van der Waals surface area contributed by atoms with Crippen molar-refractivity contribution >= 4 is 23.4 Å². The lowest BCUT2D eigenvalue weighted by Gasteiger charge is -2.27. The monoisotopic (exact) mass is 292 g/mol. The zero-order valence-electron chi connectivity index (χ0n) is 11.6. The van der Waals surface area contributed by atoms with Crippen molar-refractivity contribution in [2.24, 2.45) is 0 Å². The molecule has 0 spiro atoms. The summed E-state index contributed by atoms with van der Waals surface area (Å²) in [5, 5.41) is 6.55. The normalized spacial score (nSPS) is 20.8. The number of fused-ring (bicyclic) bond motifs is 1. The van der Waals surface area contributed by atoms with Crippen LogP contribution in [0.5, 0.6) is 5.75 Å². The van der Waals surface area contributed by atoms with Crippen molar-refractivity contribution in [3.63, 3.8) is 0 Å². The van der Waals surface area contributed by atoms with Crippen LogP contribution in [0.25, 0.3) is 0 Å². The minimum atomic E-state index is -0.0837. The molecule has 2 heterocycles. The van der Waals surface area contributed by atoms with Crippen LogP contribution >= 0.6 is 11.8 Å². The molecule has 2 N–H and O–H groups in total. The van der Waals surface area contributed by atoms with Crippen LogP contribution in [-0.4, -0.2) is 30.1 Å². The number of hydrogen-bond donors (Lipinski definition) is 2. The van der Waals surface area contributed by atoms with Crippen LogP contribution in [-0.2, 0) is 4.79 Å². The summed E-state index contributed by atoms with van der Waals surface area (Å²) in [5.41, 5.74) is 1.97. The first-order valence-corrected chi connectivity index (χ1v) is 8.28. The van der Waals surface area contributed by atoms with E-state index < -0.39 is 0 Å². The van der Waals surface area contributed by atoms with E-state index in [1.807, 2.05) is 23.9 Å². The average molecular weight is 292 g/mol. The number of thioether (sulfide) groups is 1. The van der Waals surface area contributed by atoms with Crippen LogP contribution in [0.4, 0.5) is 5.69 Å². The summed E-state index contributed by atoms with van der Waals surface area (Å²) in [7, 11) is 0. The molecular weight excluding hydrogens is 272 g/mol. The standard InChI is InChI=1S/C15H20N2O2S/c1-10(16-12-4-6-20-7-5-12)11-2-3-14-13(8-11)17-15(18)9-19-14/h2-3,8,10,12,16H,4-7,9H2,1H3,(H,17,18). The maximum absolute atomic E-state index is 11.4. The van der Waals surface area contributed by atoms with Gasteiger partial charge in [-0.1, -0.05) is 6.07 Å². The van der Waals surface area contributed by atoms with Gasteiger partial charge in [-0.15, -0.1) is 0 Å². The van der Waals surface area contributed by atoms with Crippen molar-refractivity contribution in [1.29, 1.82) is 0 Å². The Labute approximate surface area is 123 Å². The van der Waals surface area contributed by atoms with Gasteiger partial charge in [-0.05, 0) is 49.0 Å². The van der Waals surface area contributed by atoms with E-state index in [0.29, 0.717) is 6.04 Å². The summed E-state index contributed by atoms with van der Waals surface area (Å²) in [5.74, 6) is 3.17. The number of anilines is 1. The predicted molar refractivity (Wildman–Crippen MR) is 82.5 cm³/mol. The molecule has 1 aromatic rings. The molecular formula is C15H20N2O2S. The molecule has 0 aromatic heterocycles. The van der Waals surface area contributed by atoms with E-state index in [1.165, 1.54) is 29.9 Å². The van der Waals surface area contributed by atoms with E-state index in [2.05, 4.69) is 23.6 Å². The molecule has 1 amide bonds. The summed E-state index contributed by atoms with van der Waals surface area (Å²) in [6.07, 6.45) is 2.47. The number of rotatable bonds is 3. The van der Waals surface area contributed by atoms with Gasteiger partial charge in [-0.25, -0.2) is 0 Å². The molecule has 1 saturated heterocycles. The van der Waals surface area contributed by atoms with Crippen LogP contribution in [0, 0.1) is 0 Å². The molecule has 0 aliphatic carbocycles. The van der Waals surface area contributed by atoms with E-state index in [-0.39, 0.29) is 18.6 Å². The van der Waals surface area contributed by atoms with Gasteiger partial charge in [0.25, 0.3) is 5.91 Å². The first-order chi connectivity index (χ1) is 9.72. The molecule has 20 heavy (non-hydrogen) atoms. The van der Waals surface area contributed by atoms with Crippen molar-refractivity contribution in [2.45, 2.75) is 31.8 Å². The SMILES string of the molecule is CC(NC1CCSCC1)c1ccc2c(c1)NC(=O)CO2. The Morgan fingerprint density at radius 3 is 3.00 bits per heavy atom. The minimum absolute atomic E-state index is 0.0837. The summed E-state index contributed by atoms with van der Waals surface area (Å²) in [6, 6.07) is 6.92. The summed E-state index contributed by atoms with van der Waals surface area (Å²) >= 11 is 2.04. The fourth-order valence-electron chi connectivity index (χ4n) is 2.68. The molecule has 0 saturated carbocycles. The van der Waals surface area contributed by atoms with Gasteiger partial charge < -0.3 is 15.4 Å². The Hall–Kier alpha value is -1.20. The molecule has 2 aliphatic rings. The van der Waals surface area contributed by atoms with E-state index in [1.54, 1.807) is 0 Å². The number of ether oxygens (including phenoxy) is 1. The number of benzene rings is 1. The Morgan fingerprint density at radius 1 is 1.40 bits per heavy atom. The molecule has 1 fully saturated rings. The number of nitrogens with one attached hydrogen (secondary N) is 2. The Balaban J connectivity index is 1.69. The smallest absolute Gasteiger partial charge is 0.262 e. The van der Waals surface area contributed by atoms with Gasteiger partial charge in [-0.3, -0.25) is 4.79 Å². The highest BCUT2D eigenvalue weighted by Crippen LogP contribution is 2.31. The van der Waals surface area contributed by atoms with Crippen molar-refractivity contribution in [1.82, 2.24) is 5.32 Å². The fraction of sp³-hybridized carbons (Fsp3) is 0.533. The van der Waals surface area contributed by atoms with Gasteiger partial charge in [0.15, 0.2) is 6.61 Å². The zero-order valence-corrected chi connectivity index (χ0v) is 12.5. The van der Waals surface area contributed by atoms with Crippen molar-refractivity contribution in [2.75, 3.05) is 23.4 Å². The van der Waals surface area contributed by atoms with Crippen LogP contribution in [0.3, 0.4) is 0 Å². The maximum atomic E-state index is 11.4. The first-order valence-electron chi connectivity index (χ1n) is 7.13. The molecule has 4 nitrogen and oxygen atoms in total. The zero-order chi connectivity index (χ0) is 13.9. The number of hydrogen-bond acceptors (Lipinski definition) is 4. The van der Waals surface area contributed by atoms with Crippen molar-refractivity contribution in [3.05, 3.63) is 23.8 Å². The largest absolute Gasteiger partial charge is 0.482 e. The third-order valence-corrected chi connectivity index (χ3v) is 4.89. The lowest BCUT2D eigenvalue weighted by Crippen LogP contribution is -2.34. The second kappa shape index (κ2) is 6.06. The molecule has 108 valence electrons. The fourth-order valence-corrected chi connectivity index (χ4v) is 3.79. The van der Waals surface area contributed by atoms with Crippen molar-refractivity contribution in [3.8, 4) is 5.75 Å².